The van der Waals surface area contributed by atoms with Gasteiger partial charge in [0.15, 0.2) is 11.9 Å². The second-order valence-corrected chi connectivity index (χ2v) is 5.34. The highest BCUT2D eigenvalue weighted by Crippen LogP contribution is 2.15. The number of nitrogens with zero attached hydrogens (tertiary/aromatic N) is 3. The van der Waals surface area contributed by atoms with Gasteiger partial charge in [0.1, 0.15) is 11.8 Å². The Morgan fingerprint density at radius 1 is 1.41 bits per heavy atom. The van der Waals surface area contributed by atoms with Gasteiger partial charge in [0.2, 0.25) is 0 Å². The molecule has 0 aromatic carbocycles. The molecule has 3 heterocycles. The second kappa shape index (κ2) is 7.29. The first-order valence-electron chi connectivity index (χ1n) is 7.54. The van der Waals surface area contributed by atoms with Crippen molar-refractivity contribution in [2.45, 2.75) is 32.5 Å². The van der Waals surface area contributed by atoms with Crippen LogP contribution in [-0.4, -0.2) is 39.4 Å². The lowest BCUT2D eigenvalue weighted by molar-refractivity contribution is -0.156. The fraction of sp³-hybridized carbons (Fsp3) is 0.438. The second-order valence-electron chi connectivity index (χ2n) is 5.34. The molecule has 0 amide bonds. The van der Waals surface area contributed by atoms with Gasteiger partial charge >= 0.3 is 0 Å². The van der Waals surface area contributed by atoms with E-state index in [1.54, 1.807) is 6.33 Å². The predicted molar refractivity (Wildman–Crippen MR) is 84.0 cm³/mol. The van der Waals surface area contributed by atoms with E-state index >= 15 is 0 Å². The third kappa shape index (κ3) is 3.78. The molecular weight excluding hydrogens is 280 g/mol. The number of aromatic nitrogens is 4. The number of H-pyrrole nitrogens is 1. The summed E-state index contributed by atoms with van der Waals surface area (Å²) in [7, 11) is 0. The standard InChI is InChI=1S/C16H20N4O2/c1-12(9-22-14-7-2-3-8-21-14)5-4-6-13-15-16(19-10-17-13)20-11-18-15/h4-6,10-11,14H,2-3,7-9H2,1H3,(H,17,18,19,20)/b6-4+,12-5+. The molecule has 1 atom stereocenters. The summed E-state index contributed by atoms with van der Waals surface area (Å²) in [6, 6.07) is 0. The van der Waals surface area contributed by atoms with Crippen molar-refractivity contribution in [3.63, 3.8) is 0 Å². The van der Waals surface area contributed by atoms with Gasteiger partial charge in [-0.3, -0.25) is 0 Å². The van der Waals surface area contributed by atoms with Gasteiger partial charge in [-0.1, -0.05) is 12.2 Å². The Bertz CT molecular complexity index is 672. The summed E-state index contributed by atoms with van der Waals surface area (Å²) in [5.74, 6) is 0. The fourth-order valence-electron chi connectivity index (χ4n) is 2.33. The van der Waals surface area contributed by atoms with E-state index in [0.29, 0.717) is 12.3 Å². The number of hydrogen-bond donors (Lipinski definition) is 1. The zero-order valence-corrected chi connectivity index (χ0v) is 12.7. The van der Waals surface area contributed by atoms with E-state index in [1.165, 1.54) is 12.7 Å². The summed E-state index contributed by atoms with van der Waals surface area (Å²) in [5, 5.41) is 0. The van der Waals surface area contributed by atoms with Gasteiger partial charge in [-0.25, -0.2) is 15.0 Å². The molecule has 1 aliphatic rings. The molecule has 1 saturated heterocycles. The minimum atomic E-state index is -0.0486. The van der Waals surface area contributed by atoms with Gasteiger partial charge in [0.25, 0.3) is 0 Å². The van der Waals surface area contributed by atoms with Crippen LogP contribution in [-0.2, 0) is 9.47 Å². The highest BCUT2D eigenvalue weighted by molar-refractivity contribution is 5.79. The van der Waals surface area contributed by atoms with Crippen LogP contribution in [0.3, 0.4) is 0 Å². The van der Waals surface area contributed by atoms with Gasteiger partial charge in [-0.15, -0.1) is 0 Å². The van der Waals surface area contributed by atoms with Crippen LogP contribution in [0.1, 0.15) is 31.9 Å². The van der Waals surface area contributed by atoms with E-state index in [9.17, 15) is 0 Å². The molecular formula is C16H20N4O2. The van der Waals surface area contributed by atoms with Crippen molar-refractivity contribution in [2.24, 2.45) is 0 Å². The molecule has 1 unspecified atom stereocenters. The lowest BCUT2D eigenvalue weighted by atomic mass is 10.2. The lowest BCUT2D eigenvalue weighted by Gasteiger charge is -2.22. The minimum absolute atomic E-state index is 0.0486. The van der Waals surface area contributed by atoms with Gasteiger partial charge in [-0.2, -0.15) is 0 Å². The summed E-state index contributed by atoms with van der Waals surface area (Å²) in [5.41, 5.74) is 3.48. The van der Waals surface area contributed by atoms with Crippen LogP contribution in [0, 0.1) is 0 Å². The zero-order chi connectivity index (χ0) is 15.2. The van der Waals surface area contributed by atoms with Crippen LogP contribution >= 0.6 is 0 Å². The van der Waals surface area contributed by atoms with Crippen molar-refractivity contribution >= 4 is 17.2 Å². The van der Waals surface area contributed by atoms with Crippen LogP contribution in [0.2, 0.25) is 0 Å². The molecule has 6 heteroatoms. The molecule has 0 spiro atoms. The van der Waals surface area contributed by atoms with Crippen molar-refractivity contribution in [3.8, 4) is 0 Å². The van der Waals surface area contributed by atoms with E-state index in [4.69, 9.17) is 9.47 Å². The molecule has 116 valence electrons. The molecule has 0 saturated carbocycles. The summed E-state index contributed by atoms with van der Waals surface area (Å²) < 4.78 is 11.3. The first-order chi connectivity index (χ1) is 10.8. The molecule has 1 N–H and O–H groups in total. The van der Waals surface area contributed by atoms with E-state index in [-0.39, 0.29) is 6.29 Å². The van der Waals surface area contributed by atoms with Gasteiger partial charge in [-0.05, 0) is 37.8 Å². The topological polar surface area (TPSA) is 72.9 Å². The maximum absolute atomic E-state index is 5.74. The SMILES string of the molecule is C/C(=C\C=C\c1ncnc2nc[nH]c12)COC1CCCCO1. The van der Waals surface area contributed by atoms with Crippen molar-refractivity contribution in [1.29, 1.82) is 0 Å². The molecule has 2 aromatic rings. The van der Waals surface area contributed by atoms with Crippen molar-refractivity contribution < 1.29 is 9.47 Å². The Balaban J connectivity index is 1.56. The predicted octanol–water partition coefficient (Wildman–Crippen LogP) is 2.86. The number of nitrogens with one attached hydrogen (secondary N) is 1. The zero-order valence-electron chi connectivity index (χ0n) is 12.7. The Morgan fingerprint density at radius 2 is 2.36 bits per heavy atom. The largest absolute Gasteiger partial charge is 0.353 e. The molecule has 22 heavy (non-hydrogen) atoms. The smallest absolute Gasteiger partial charge is 0.181 e. The summed E-state index contributed by atoms with van der Waals surface area (Å²) >= 11 is 0. The van der Waals surface area contributed by atoms with Crippen LogP contribution in [0.15, 0.2) is 30.4 Å². The maximum atomic E-state index is 5.74. The fourth-order valence-corrected chi connectivity index (χ4v) is 2.33. The van der Waals surface area contributed by atoms with Gasteiger partial charge in [0, 0.05) is 6.61 Å². The number of hydrogen-bond acceptors (Lipinski definition) is 5. The summed E-state index contributed by atoms with van der Waals surface area (Å²) in [6.45, 7) is 3.43. The molecule has 0 radical (unpaired) electrons. The first kappa shape index (κ1) is 14.9. The Kier molecular flexibility index (Phi) is 4.92. The molecule has 1 fully saturated rings. The highest BCUT2D eigenvalue weighted by Gasteiger charge is 2.13. The van der Waals surface area contributed by atoms with Gasteiger partial charge in [0.05, 0.1) is 18.6 Å². The number of aromatic amines is 1. The van der Waals surface area contributed by atoms with Crippen molar-refractivity contribution in [3.05, 3.63) is 36.1 Å². The average Bonchev–Trinajstić information content (AvgIpc) is 3.03. The average molecular weight is 300 g/mol. The van der Waals surface area contributed by atoms with E-state index < -0.39 is 0 Å². The Labute approximate surface area is 129 Å². The summed E-state index contributed by atoms with van der Waals surface area (Å²) in [6.07, 6.45) is 12.3. The van der Waals surface area contributed by atoms with Crippen molar-refractivity contribution in [1.82, 2.24) is 19.9 Å². The molecule has 3 rings (SSSR count). The number of imidazole rings is 1. The number of rotatable bonds is 5. The molecule has 0 aliphatic carbocycles. The van der Waals surface area contributed by atoms with Gasteiger partial charge < -0.3 is 14.5 Å². The monoisotopic (exact) mass is 300 g/mol. The molecule has 2 aromatic heterocycles. The van der Waals surface area contributed by atoms with Crippen LogP contribution < -0.4 is 0 Å². The van der Waals surface area contributed by atoms with E-state index in [0.717, 1.165) is 36.2 Å². The van der Waals surface area contributed by atoms with Crippen LogP contribution in [0.25, 0.3) is 17.2 Å². The third-order valence-electron chi connectivity index (χ3n) is 3.52. The van der Waals surface area contributed by atoms with Crippen LogP contribution in [0.5, 0.6) is 0 Å². The lowest BCUT2D eigenvalue weighted by Crippen LogP contribution is -2.22. The minimum Gasteiger partial charge on any atom is -0.353 e. The van der Waals surface area contributed by atoms with E-state index in [1.807, 2.05) is 25.2 Å². The summed E-state index contributed by atoms with van der Waals surface area (Å²) in [4.78, 5) is 15.5. The highest BCUT2D eigenvalue weighted by atomic mass is 16.7. The Morgan fingerprint density at radius 3 is 3.23 bits per heavy atom. The molecule has 1 aliphatic heterocycles. The number of fused-ring (bicyclic) bond motifs is 1. The third-order valence-corrected chi connectivity index (χ3v) is 3.52. The van der Waals surface area contributed by atoms with Crippen LogP contribution in [0.4, 0.5) is 0 Å². The Hall–Kier alpha value is -2.05. The molecule has 0 bridgehead atoms. The molecule has 6 nitrogen and oxygen atoms in total. The maximum Gasteiger partial charge on any atom is 0.181 e. The first-order valence-corrected chi connectivity index (χ1v) is 7.54. The quantitative estimate of drug-likeness (QED) is 0.860. The number of ether oxygens (including phenoxy) is 2. The normalized spacial score (nSPS) is 20.0. The number of allylic oxidation sites excluding steroid dienone is 2. The van der Waals surface area contributed by atoms with Crippen molar-refractivity contribution in [2.75, 3.05) is 13.2 Å². The van der Waals surface area contributed by atoms with E-state index in [2.05, 4.69) is 19.9 Å².